The van der Waals surface area contributed by atoms with Gasteiger partial charge in [0.2, 0.25) is 6.79 Å². The quantitative estimate of drug-likeness (QED) is 0.803. The molecule has 0 radical (unpaired) electrons. The number of hydrogen-bond acceptors (Lipinski definition) is 5. The Labute approximate surface area is 126 Å². The molecule has 110 valence electrons. The van der Waals surface area contributed by atoms with Gasteiger partial charge in [-0.3, -0.25) is 14.5 Å². The molecule has 6 heteroatoms. The van der Waals surface area contributed by atoms with Crippen LogP contribution in [0.25, 0.3) is 6.08 Å². The van der Waals surface area contributed by atoms with E-state index in [1.807, 2.05) is 26.0 Å². The maximum Gasteiger partial charge on any atom is 0.293 e. The second kappa shape index (κ2) is 5.44. The van der Waals surface area contributed by atoms with E-state index in [4.69, 9.17) is 9.47 Å². The van der Waals surface area contributed by atoms with E-state index in [-0.39, 0.29) is 17.9 Å². The van der Waals surface area contributed by atoms with Crippen molar-refractivity contribution in [1.29, 1.82) is 0 Å². The van der Waals surface area contributed by atoms with Gasteiger partial charge in [0.15, 0.2) is 11.5 Å². The van der Waals surface area contributed by atoms with Gasteiger partial charge in [-0.2, -0.15) is 0 Å². The molecule has 0 aromatic heterocycles. The standard InChI is InChI=1S/C15H15NO4S/c1-3-4-16-14(17)13(21-15(16)18)7-10-6-12-11(5-9(10)2)19-8-20-12/h5-7H,3-4,8H2,1-2H3/b13-7+. The molecule has 0 bridgehead atoms. The number of imide groups is 1. The third-order valence-electron chi connectivity index (χ3n) is 3.37. The zero-order valence-electron chi connectivity index (χ0n) is 11.8. The van der Waals surface area contributed by atoms with Crippen LogP contribution in [0.2, 0.25) is 0 Å². The van der Waals surface area contributed by atoms with Crippen LogP contribution in [-0.4, -0.2) is 29.4 Å². The van der Waals surface area contributed by atoms with Crippen molar-refractivity contribution in [2.45, 2.75) is 20.3 Å². The summed E-state index contributed by atoms with van der Waals surface area (Å²) < 4.78 is 10.7. The number of rotatable bonds is 3. The molecule has 1 fully saturated rings. The van der Waals surface area contributed by atoms with Crippen molar-refractivity contribution in [3.8, 4) is 11.5 Å². The van der Waals surface area contributed by atoms with Crippen LogP contribution in [0.3, 0.4) is 0 Å². The van der Waals surface area contributed by atoms with Crippen LogP contribution < -0.4 is 9.47 Å². The molecule has 5 nitrogen and oxygen atoms in total. The summed E-state index contributed by atoms with van der Waals surface area (Å²) in [5.74, 6) is 1.16. The molecule has 0 atom stereocenters. The van der Waals surface area contributed by atoms with E-state index in [1.54, 1.807) is 6.08 Å². The van der Waals surface area contributed by atoms with Crippen LogP contribution >= 0.6 is 11.8 Å². The molecule has 2 amide bonds. The number of amides is 2. The second-order valence-electron chi connectivity index (χ2n) is 4.90. The smallest absolute Gasteiger partial charge is 0.293 e. The predicted octanol–water partition coefficient (Wildman–Crippen LogP) is 3.17. The highest BCUT2D eigenvalue weighted by Crippen LogP contribution is 2.37. The summed E-state index contributed by atoms with van der Waals surface area (Å²) >= 11 is 0.985. The summed E-state index contributed by atoms with van der Waals surface area (Å²) in [7, 11) is 0. The van der Waals surface area contributed by atoms with Gasteiger partial charge in [-0.1, -0.05) is 6.92 Å². The van der Waals surface area contributed by atoms with Crippen molar-refractivity contribution in [1.82, 2.24) is 4.90 Å². The molecule has 0 spiro atoms. The first-order valence-electron chi connectivity index (χ1n) is 6.75. The Kier molecular flexibility index (Phi) is 3.63. The molecule has 21 heavy (non-hydrogen) atoms. The van der Waals surface area contributed by atoms with Crippen molar-refractivity contribution in [2.75, 3.05) is 13.3 Å². The lowest BCUT2D eigenvalue weighted by Gasteiger charge is -2.09. The second-order valence-corrected chi connectivity index (χ2v) is 5.89. The number of carbonyl (C=O) groups is 2. The summed E-state index contributed by atoms with van der Waals surface area (Å²) in [4.78, 5) is 25.8. The van der Waals surface area contributed by atoms with Crippen LogP contribution in [-0.2, 0) is 4.79 Å². The Bertz CT molecular complexity index is 653. The van der Waals surface area contributed by atoms with Gasteiger partial charge < -0.3 is 9.47 Å². The molecule has 0 N–H and O–H groups in total. The normalized spacial score (nSPS) is 19.0. The van der Waals surface area contributed by atoms with Gasteiger partial charge >= 0.3 is 0 Å². The summed E-state index contributed by atoms with van der Waals surface area (Å²) in [6.45, 7) is 4.55. The zero-order chi connectivity index (χ0) is 15.0. The van der Waals surface area contributed by atoms with Crippen molar-refractivity contribution in [3.05, 3.63) is 28.2 Å². The monoisotopic (exact) mass is 305 g/mol. The number of benzene rings is 1. The third kappa shape index (κ3) is 2.51. The molecular formula is C15H15NO4S. The van der Waals surface area contributed by atoms with Gasteiger partial charge in [-0.05, 0) is 54.4 Å². The SMILES string of the molecule is CCCN1C(=O)S/C(=C/c2cc3c(cc2C)OCO3)C1=O. The first kappa shape index (κ1) is 14.0. The van der Waals surface area contributed by atoms with Gasteiger partial charge in [0.25, 0.3) is 11.1 Å². The molecular weight excluding hydrogens is 290 g/mol. The zero-order valence-corrected chi connectivity index (χ0v) is 12.7. The number of hydrogen-bond donors (Lipinski definition) is 0. The van der Waals surface area contributed by atoms with Gasteiger partial charge in [-0.15, -0.1) is 0 Å². The number of ether oxygens (including phenoxy) is 2. The fourth-order valence-electron chi connectivity index (χ4n) is 2.27. The Morgan fingerprint density at radius 2 is 2.00 bits per heavy atom. The molecule has 2 heterocycles. The number of fused-ring (bicyclic) bond motifs is 1. The van der Waals surface area contributed by atoms with Crippen molar-refractivity contribution >= 4 is 29.0 Å². The van der Waals surface area contributed by atoms with Gasteiger partial charge in [-0.25, -0.2) is 0 Å². The lowest BCUT2D eigenvalue weighted by atomic mass is 10.1. The number of carbonyl (C=O) groups excluding carboxylic acids is 2. The van der Waals surface area contributed by atoms with Crippen LogP contribution in [0.5, 0.6) is 11.5 Å². The Hall–Kier alpha value is -1.95. The van der Waals surface area contributed by atoms with Crippen molar-refractivity contribution < 1.29 is 19.1 Å². The van der Waals surface area contributed by atoms with E-state index in [0.717, 1.165) is 29.3 Å². The maximum absolute atomic E-state index is 12.2. The Balaban J connectivity index is 1.92. The first-order chi connectivity index (χ1) is 10.1. The van der Waals surface area contributed by atoms with Crippen molar-refractivity contribution in [3.63, 3.8) is 0 Å². The minimum atomic E-state index is -0.219. The lowest BCUT2D eigenvalue weighted by Crippen LogP contribution is -2.28. The van der Waals surface area contributed by atoms with Gasteiger partial charge in [0.1, 0.15) is 0 Å². The average Bonchev–Trinajstić information content (AvgIpc) is 2.99. The summed E-state index contributed by atoms with van der Waals surface area (Å²) in [5.41, 5.74) is 1.84. The van der Waals surface area contributed by atoms with Crippen molar-refractivity contribution in [2.24, 2.45) is 0 Å². The minimum Gasteiger partial charge on any atom is -0.454 e. The third-order valence-corrected chi connectivity index (χ3v) is 4.28. The molecule has 0 aliphatic carbocycles. The molecule has 1 aromatic carbocycles. The average molecular weight is 305 g/mol. The molecule has 3 rings (SSSR count). The lowest BCUT2D eigenvalue weighted by molar-refractivity contribution is -0.122. The molecule has 1 aromatic rings. The van der Waals surface area contributed by atoms with E-state index in [2.05, 4.69) is 0 Å². The predicted molar refractivity (Wildman–Crippen MR) is 80.3 cm³/mol. The van der Waals surface area contributed by atoms with E-state index in [1.165, 1.54) is 4.90 Å². The van der Waals surface area contributed by atoms with Crippen LogP contribution in [0, 0.1) is 6.92 Å². The molecule has 2 aliphatic heterocycles. The highest BCUT2D eigenvalue weighted by atomic mass is 32.2. The Morgan fingerprint density at radius 3 is 2.71 bits per heavy atom. The number of thioether (sulfide) groups is 1. The Morgan fingerprint density at radius 1 is 1.29 bits per heavy atom. The van der Waals surface area contributed by atoms with Crippen LogP contribution in [0.1, 0.15) is 24.5 Å². The van der Waals surface area contributed by atoms with E-state index in [0.29, 0.717) is 22.9 Å². The highest BCUT2D eigenvalue weighted by Gasteiger charge is 2.34. The summed E-state index contributed by atoms with van der Waals surface area (Å²) in [5, 5.41) is -0.202. The van der Waals surface area contributed by atoms with Gasteiger partial charge in [0.05, 0.1) is 4.91 Å². The first-order valence-corrected chi connectivity index (χ1v) is 7.57. The molecule has 0 saturated carbocycles. The summed E-state index contributed by atoms with van der Waals surface area (Å²) in [6, 6.07) is 3.72. The minimum absolute atomic E-state index is 0.202. The number of aryl methyl sites for hydroxylation is 1. The molecule has 2 aliphatic rings. The largest absolute Gasteiger partial charge is 0.454 e. The topological polar surface area (TPSA) is 55.8 Å². The van der Waals surface area contributed by atoms with E-state index in [9.17, 15) is 9.59 Å². The fourth-order valence-corrected chi connectivity index (χ4v) is 3.13. The maximum atomic E-state index is 12.2. The van der Waals surface area contributed by atoms with Crippen LogP contribution in [0.15, 0.2) is 17.0 Å². The van der Waals surface area contributed by atoms with E-state index >= 15 is 0 Å². The number of nitrogens with zero attached hydrogens (tertiary/aromatic N) is 1. The summed E-state index contributed by atoms with van der Waals surface area (Å²) in [6.07, 6.45) is 2.51. The fraction of sp³-hybridized carbons (Fsp3) is 0.333. The van der Waals surface area contributed by atoms with E-state index < -0.39 is 0 Å². The molecule has 1 saturated heterocycles. The highest BCUT2D eigenvalue weighted by molar-refractivity contribution is 8.18. The molecule has 0 unspecified atom stereocenters. The van der Waals surface area contributed by atoms with Crippen LogP contribution in [0.4, 0.5) is 4.79 Å². The van der Waals surface area contributed by atoms with Gasteiger partial charge in [0, 0.05) is 6.54 Å².